The zero-order chi connectivity index (χ0) is 22.0. The van der Waals surface area contributed by atoms with Crippen LogP contribution >= 0.6 is 0 Å². The fourth-order valence-electron chi connectivity index (χ4n) is 3.50. The molecule has 4 rings (SSSR count). The van der Waals surface area contributed by atoms with Crippen molar-refractivity contribution in [2.45, 2.75) is 37.7 Å². The normalized spacial score (nSPS) is 19.9. The first-order valence-corrected chi connectivity index (χ1v) is 9.66. The quantitative estimate of drug-likeness (QED) is 0.772. The van der Waals surface area contributed by atoms with Gasteiger partial charge in [0.1, 0.15) is 25.1 Å². The number of ether oxygens (including phenoxy) is 3. The molecule has 2 aliphatic heterocycles. The lowest BCUT2D eigenvalue weighted by Gasteiger charge is -2.25. The SMILES string of the molecule is N#Cc1ccc2c(c1)C[C@@H](NC(=O)c1cc3n(n1)CC[C@H](COCC(F)(F)F)O3)CO2. The van der Waals surface area contributed by atoms with Gasteiger partial charge < -0.3 is 19.5 Å². The van der Waals surface area contributed by atoms with Crippen LogP contribution in [0.15, 0.2) is 24.3 Å². The number of aryl methyl sites for hydroxylation is 1. The molecule has 0 saturated heterocycles. The molecule has 0 aliphatic carbocycles. The van der Waals surface area contributed by atoms with Crippen LogP contribution in [0.2, 0.25) is 0 Å². The van der Waals surface area contributed by atoms with Crippen molar-refractivity contribution in [2.75, 3.05) is 19.8 Å². The molecule has 31 heavy (non-hydrogen) atoms. The Morgan fingerprint density at radius 1 is 1.39 bits per heavy atom. The Labute approximate surface area is 175 Å². The van der Waals surface area contributed by atoms with E-state index in [0.717, 1.165) is 5.56 Å². The maximum atomic E-state index is 12.6. The predicted molar refractivity (Wildman–Crippen MR) is 99.7 cm³/mol. The molecule has 0 saturated carbocycles. The van der Waals surface area contributed by atoms with Crippen LogP contribution in [-0.4, -0.2) is 53.8 Å². The second-order valence-electron chi connectivity index (χ2n) is 7.37. The molecule has 1 amide bonds. The molecule has 3 heterocycles. The molecule has 2 aliphatic rings. The lowest BCUT2D eigenvalue weighted by atomic mass is 10.0. The Morgan fingerprint density at radius 3 is 3.00 bits per heavy atom. The van der Waals surface area contributed by atoms with E-state index in [1.54, 1.807) is 18.2 Å². The summed E-state index contributed by atoms with van der Waals surface area (Å²) in [6.45, 7) is -0.842. The fraction of sp³-hybridized carbons (Fsp3) is 0.450. The molecular formula is C20H19F3N4O4. The molecule has 0 radical (unpaired) electrons. The van der Waals surface area contributed by atoms with Crippen LogP contribution in [0.3, 0.4) is 0 Å². The van der Waals surface area contributed by atoms with E-state index in [0.29, 0.717) is 36.6 Å². The van der Waals surface area contributed by atoms with Crippen molar-refractivity contribution in [3.63, 3.8) is 0 Å². The van der Waals surface area contributed by atoms with Gasteiger partial charge in [0.25, 0.3) is 5.91 Å². The summed E-state index contributed by atoms with van der Waals surface area (Å²) in [5.41, 5.74) is 1.50. The van der Waals surface area contributed by atoms with Gasteiger partial charge in [0.2, 0.25) is 5.88 Å². The largest absolute Gasteiger partial charge is 0.491 e. The van der Waals surface area contributed by atoms with Gasteiger partial charge in [0, 0.05) is 19.0 Å². The second-order valence-corrected chi connectivity index (χ2v) is 7.37. The Balaban J connectivity index is 1.34. The average Bonchev–Trinajstić information content (AvgIpc) is 3.16. The zero-order valence-corrected chi connectivity index (χ0v) is 16.3. The number of nitriles is 1. The number of amides is 1. The molecule has 164 valence electrons. The molecule has 8 nitrogen and oxygen atoms in total. The molecule has 0 unspecified atom stereocenters. The number of fused-ring (bicyclic) bond motifs is 2. The summed E-state index contributed by atoms with van der Waals surface area (Å²) >= 11 is 0. The Hall–Kier alpha value is -3.26. The van der Waals surface area contributed by atoms with Crippen LogP contribution < -0.4 is 14.8 Å². The summed E-state index contributed by atoms with van der Waals surface area (Å²) in [7, 11) is 0. The summed E-state index contributed by atoms with van der Waals surface area (Å²) in [5.74, 6) is 0.582. The number of alkyl halides is 3. The van der Waals surface area contributed by atoms with E-state index in [-0.39, 0.29) is 24.9 Å². The highest BCUT2D eigenvalue weighted by atomic mass is 19.4. The molecule has 0 bridgehead atoms. The number of carbonyl (C=O) groups is 1. The maximum absolute atomic E-state index is 12.6. The first-order chi connectivity index (χ1) is 14.8. The topological polar surface area (TPSA) is 98.4 Å². The molecule has 11 heteroatoms. The van der Waals surface area contributed by atoms with Crippen LogP contribution in [0.4, 0.5) is 13.2 Å². The molecular weight excluding hydrogens is 417 g/mol. The molecule has 1 aromatic carbocycles. The first-order valence-electron chi connectivity index (χ1n) is 9.66. The second kappa shape index (κ2) is 8.47. The standard InChI is InChI=1S/C20H19F3N4O4/c21-20(22,23)11-29-10-15-3-4-27-18(31-15)7-16(26-27)19(28)25-14-6-13-5-12(8-24)1-2-17(13)30-9-14/h1-2,5,7,14-15H,3-4,6,9-11H2,(H,25,28)/t14-,15-/m1/s1. The van der Waals surface area contributed by atoms with Gasteiger partial charge in [-0.05, 0) is 30.2 Å². The van der Waals surface area contributed by atoms with Gasteiger partial charge in [0.05, 0.1) is 24.3 Å². The minimum Gasteiger partial charge on any atom is -0.491 e. The van der Waals surface area contributed by atoms with Crippen molar-refractivity contribution in [3.05, 3.63) is 41.1 Å². The van der Waals surface area contributed by atoms with E-state index in [1.165, 1.54) is 10.7 Å². The van der Waals surface area contributed by atoms with Gasteiger partial charge in [0.15, 0.2) is 5.69 Å². The third kappa shape index (κ3) is 5.08. The number of nitrogens with one attached hydrogen (secondary N) is 1. The fourth-order valence-corrected chi connectivity index (χ4v) is 3.50. The predicted octanol–water partition coefficient (Wildman–Crippen LogP) is 2.22. The molecule has 1 N–H and O–H groups in total. The Kier molecular flexibility index (Phi) is 5.73. The zero-order valence-electron chi connectivity index (χ0n) is 16.3. The van der Waals surface area contributed by atoms with Crippen LogP contribution in [0, 0.1) is 11.3 Å². The minimum atomic E-state index is -4.39. The van der Waals surface area contributed by atoms with Crippen molar-refractivity contribution in [2.24, 2.45) is 0 Å². The van der Waals surface area contributed by atoms with Crippen molar-refractivity contribution in [1.29, 1.82) is 5.26 Å². The van der Waals surface area contributed by atoms with Crippen LogP contribution in [0.5, 0.6) is 11.6 Å². The highest BCUT2D eigenvalue weighted by Gasteiger charge is 2.30. The number of rotatable bonds is 5. The van der Waals surface area contributed by atoms with Crippen molar-refractivity contribution in [3.8, 4) is 17.7 Å². The number of benzene rings is 1. The van der Waals surface area contributed by atoms with Gasteiger partial charge in [-0.2, -0.15) is 23.5 Å². The van der Waals surface area contributed by atoms with E-state index in [9.17, 15) is 18.0 Å². The summed E-state index contributed by atoms with van der Waals surface area (Å²) < 4.78 is 54.1. The monoisotopic (exact) mass is 436 g/mol. The van der Waals surface area contributed by atoms with Gasteiger partial charge in [-0.3, -0.25) is 4.79 Å². The first kappa shape index (κ1) is 21.0. The lowest BCUT2D eigenvalue weighted by molar-refractivity contribution is -0.179. The lowest BCUT2D eigenvalue weighted by Crippen LogP contribution is -2.42. The number of nitrogens with zero attached hydrogens (tertiary/aromatic N) is 3. The van der Waals surface area contributed by atoms with Crippen LogP contribution in [0.1, 0.15) is 28.0 Å². The number of hydrogen-bond acceptors (Lipinski definition) is 6. The van der Waals surface area contributed by atoms with E-state index in [4.69, 9.17) is 14.7 Å². The minimum absolute atomic E-state index is 0.142. The number of hydrogen-bond donors (Lipinski definition) is 1. The van der Waals surface area contributed by atoms with E-state index < -0.39 is 24.8 Å². The molecule has 0 spiro atoms. The van der Waals surface area contributed by atoms with Gasteiger partial charge in [-0.15, -0.1) is 0 Å². The van der Waals surface area contributed by atoms with Crippen LogP contribution in [-0.2, 0) is 17.7 Å². The summed E-state index contributed by atoms with van der Waals surface area (Å²) in [6.07, 6.45) is -4.00. The van der Waals surface area contributed by atoms with Gasteiger partial charge in [-0.25, -0.2) is 4.68 Å². The van der Waals surface area contributed by atoms with Gasteiger partial charge >= 0.3 is 6.18 Å². The van der Waals surface area contributed by atoms with Gasteiger partial charge in [-0.1, -0.05) is 0 Å². The van der Waals surface area contributed by atoms with Crippen molar-refractivity contribution in [1.82, 2.24) is 15.1 Å². The number of carbonyl (C=O) groups excluding carboxylic acids is 1. The van der Waals surface area contributed by atoms with E-state index in [2.05, 4.69) is 21.2 Å². The smallest absolute Gasteiger partial charge is 0.411 e. The molecule has 1 aromatic heterocycles. The molecule has 0 fully saturated rings. The third-order valence-corrected chi connectivity index (χ3v) is 4.93. The third-order valence-electron chi connectivity index (χ3n) is 4.93. The highest BCUT2D eigenvalue weighted by Crippen LogP contribution is 2.26. The Morgan fingerprint density at radius 2 is 2.23 bits per heavy atom. The molecule has 2 aromatic rings. The number of halogens is 3. The summed E-state index contributed by atoms with van der Waals surface area (Å²) in [5, 5.41) is 16.1. The molecule has 2 atom stereocenters. The van der Waals surface area contributed by atoms with Crippen molar-refractivity contribution >= 4 is 5.91 Å². The summed E-state index contributed by atoms with van der Waals surface area (Å²) in [4.78, 5) is 12.6. The average molecular weight is 436 g/mol. The van der Waals surface area contributed by atoms with Crippen LogP contribution in [0.25, 0.3) is 0 Å². The highest BCUT2D eigenvalue weighted by molar-refractivity contribution is 5.92. The Bertz CT molecular complexity index is 1010. The van der Waals surface area contributed by atoms with E-state index >= 15 is 0 Å². The maximum Gasteiger partial charge on any atom is 0.411 e. The summed E-state index contributed by atoms with van der Waals surface area (Å²) in [6, 6.07) is 8.38. The van der Waals surface area contributed by atoms with E-state index in [1.807, 2.05) is 0 Å². The van der Waals surface area contributed by atoms with Crippen molar-refractivity contribution < 1.29 is 32.2 Å². The number of aromatic nitrogens is 2.